The van der Waals surface area contributed by atoms with E-state index >= 15 is 0 Å². The topological polar surface area (TPSA) is 59.2 Å². The average Bonchev–Trinajstić information content (AvgIpc) is 3.15. The molecular weight excluding hydrogens is 335 g/mol. The summed E-state index contributed by atoms with van der Waals surface area (Å²) in [7, 11) is 0. The van der Waals surface area contributed by atoms with Crippen molar-refractivity contribution in [3.8, 4) is 0 Å². The first-order valence-electron chi connectivity index (χ1n) is 8.13. The van der Waals surface area contributed by atoms with Crippen molar-refractivity contribution in [2.45, 2.75) is 44.8 Å². The molecule has 0 spiro atoms. The number of halogens is 3. The van der Waals surface area contributed by atoms with Crippen molar-refractivity contribution in [1.82, 2.24) is 15.0 Å². The number of hydrogen-bond acceptors (Lipinski definition) is 4. The van der Waals surface area contributed by atoms with Crippen LogP contribution in [0.1, 0.15) is 48.5 Å². The minimum absolute atomic E-state index is 0.0824. The second-order valence-electron chi connectivity index (χ2n) is 6.13. The van der Waals surface area contributed by atoms with Crippen molar-refractivity contribution in [1.29, 1.82) is 0 Å². The zero-order chi connectivity index (χ0) is 18.0. The molecule has 1 aromatic heterocycles. The molecule has 0 saturated carbocycles. The minimum Gasteiger partial charge on any atom is -0.339 e. The lowest BCUT2D eigenvalue weighted by Crippen LogP contribution is -2.26. The molecule has 1 unspecified atom stereocenters. The van der Waals surface area contributed by atoms with Crippen LogP contribution in [-0.4, -0.2) is 27.5 Å². The van der Waals surface area contributed by atoms with E-state index in [-0.39, 0.29) is 36.9 Å². The van der Waals surface area contributed by atoms with Crippen LogP contribution in [0.2, 0.25) is 0 Å². The van der Waals surface area contributed by atoms with Gasteiger partial charge in [0.1, 0.15) is 0 Å². The predicted octanol–water partition coefficient (Wildman–Crippen LogP) is 3.56. The van der Waals surface area contributed by atoms with Crippen molar-refractivity contribution in [3.63, 3.8) is 0 Å². The second-order valence-corrected chi connectivity index (χ2v) is 6.13. The Morgan fingerprint density at radius 1 is 1.32 bits per heavy atom. The first-order valence-corrected chi connectivity index (χ1v) is 8.13. The highest BCUT2D eigenvalue weighted by Crippen LogP contribution is 2.34. The molecule has 5 nitrogen and oxygen atoms in total. The molecule has 1 amide bonds. The Balaban J connectivity index is 1.73. The molecule has 2 aromatic rings. The van der Waals surface area contributed by atoms with E-state index < -0.39 is 11.7 Å². The molecule has 0 radical (unpaired) electrons. The number of nitrogens with zero attached hydrogens (tertiary/aromatic N) is 3. The molecule has 1 atom stereocenters. The summed E-state index contributed by atoms with van der Waals surface area (Å²) in [6.45, 7) is 2.19. The number of carbonyl (C=O) groups is 1. The van der Waals surface area contributed by atoms with Crippen molar-refractivity contribution in [2.75, 3.05) is 6.54 Å². The van der Waals surface area contributed by atoms with E-state index in [0.717, 1.165) is 12.5 Å². The van der Waals surface area contributed by atoms with Gasteiger partial charge < -0.3 is 9.42 Å². The fourth-order valence-electron chi connectivity index (χ4n) is 2.99. The SMILES string of the molecule is CCCc1noc(C2CC(=O)N(Cc3ccccc3C(F)(F)F)C2)n1. The fraction of sp³-hybridized carbons (Fsp3) is 0.471. The zero-order valence-corrected chi connectivity index (χ0v) is 13.7. The molecule has 1 aliphatic heterocycles. The van der Waals surface area contributed by atoms with Gasteiger partial charge in [0.15, 0.2) is 5.82 Å². The molecular formula is C17H18F3N3O2. The van der Waals surface area contributed by atoms with Crippen molar-refractivity contribution >= 4 is 5.91 Å². The summed E-state index contributed by atoms with van der Waals surface area (Å²) in [6.07, 6.45) is -2.71. The largest absolute Gasteiger partial charge is 0.416 e. The number of alkyl halides is 3. The third-order valence-electron chi connectivity index (χ3n) is 4.21. The van der Waals surface area contributed by atoms with Gasteiger partial charge in [-0.15, -0.1) is 0 Å². The third-order valence-corrected chi connectivity index (χ3v) is 4.21. The Bertz CT molecular complexity index is 758. The molecule has 0 N–H and O–H groups in total. The summed E-state index contributed by atoms with van der Waals surface area (Å²) in [6, 6.07) is 5.31. The number of likely N-dealkylation sites (tertiary alicyclic amines) is 1. The molecule has 0 aliphatic carbocycles. The number of amides is 1. The van der Waals surface area contributed by atoms with Crippen molar-refractivity contribution < 1.29 is 22.5 Å². The van der Waals surface area contributed by atoms with Crippen LogP contribution in [0.25, 0.3) is 0 Å². The number of hydrogen-bond donors (Lipinski definition) is 0. The van der Waals surface area contributed by atoms with E-state index in [2.05, 4.69) is 10.1 Å². The summed E-state index contributed by atoms with van der Waals surface area (Å²) in [5, 5.41) is 3.87. The van der Waals surface area contributed by atoms with Gasteiger partial charge >= 0.3 is 6.18 Å². The molecule has 1 aromatic carbocycles. The van der Waals surface area contributed by atoms with E-state index in [4.69, 9.17) is 4.52 Å². The highest BCUT2D eigenvalue weighted by atomic mass is 19.4. The quantitative estimate of drug-likeness (QED) is 0.825. The van der Waals surface area contributed by atoms with Crippen LogP contribution >= 0.6 is 0 Å². The second kappa shape index (κ2) is 6.85. The van der Waals surface area contributed by atoms with Gasteiger partial charge in [0.2, 0.25) is 11.8 Å². The van der Waals surface area contributed by atoms with Gasteiger partial charge in [-0.05, 0) is 18.1 Å². The number of aromatic nitrogens is 2. The lowest BCUT2D eigenvalue weighted by molar-refractivity contribution is -0.139. The van der Waals surface area contributed by atoms with Crippen LogP contribution in [0.3, 0.4) is 0 Å². The number of rotatable bonds is 5. The normalized spacial score (nSPS) is 18.2. The third kappa shape index (κ3) is 3.83. The lowest BCUT2D eigenvalue weighted by atomic mass is 10.1. The fourth-order valence-corrected chi connectivity index (χ4v) is 2.99. The van der Waals surface area contributed by atoms with Gasteiger partial charge in [-0.2, -0.15) is 18.2 Å². The van der Waals surface area contributed by atoms with Crippen LogP contribution in [0, 0.1) is 0 Å². The molecule has 1 aliphatic rings. The van der Waals surface area contributed by atoms with Gasteiger partial charge in [0, 0.05) is 25.9 Å². The van der Waals surface area contributed by atoms with Gasteiger partial charge in [0.05, 0.1) is 11.5 Å². The molecule has 1 saturated heterocycles. The van der Waals surface area contributed by atoms with Crippen LogP contribution in [0.4, 0.5) is 13.2 Å². The van der Waals surface area contributed by atoms with E-state index in [1.54, 1.807) is 0 Å². The van der Waals surface area contributed by atoms with E-state index in [9.17, 15) is 18.0 Å². The Hall–Kier alpha value is -2.38. The smallest absolute Gasteiger partial charge is 0.339 e. The van der Waals surface area contributed by atoms with Crippen LogP contribution in [-0.2, 0) is 23.9 Å². The molecule has 2 heterocycles. The molecule has 0 bridgehead atoms. The maximum absolute atomic E-state index is 13.1. The highest BCUT2D eigenvalue weighted by molar-refractivity contribution is 5.79. The van der Waals surface area contributed by atoms with E-state index in [1.807, 2.05) is 6.92 Å². The summed E-state index contributed by atoms with van der Waals surface area (Å²) >= 11 is 0. The first-order chi connectivity index (χ1) is 11.9. The number of carbonyl (C=O) groups excluding carboxylic acids is 1. The molecule has 3 rings (SSSR count). The Labute approximate surface area is 142 Å². The van der Waals surface area contributed by atoms with Gasteiger partial charge in [-0.1, -0.05) is 30.3 Å². The Kier molecular flexibility index (Phi) is 4.78. The van der Waals surface area contributed by atoms with Crippen LogP contribution in [0.5, 0.6) is 0 Å². The monoisotopic (exact) mass is 353 g/mol. The summed E-state index contributed by atoms with van der Waals surface area (Å²) in [4.78, 5) is 17.9. The Morgan fingerprint density at radius 3 is 2.80 bits per heavy atom. The van der Waals surface area contributed by atoms with Gasteiger partial charge in [-0.3, -0.25) is 4.79 Å². The maximum atomic E-state index is 13.1. The van der Waals surface area contributed by atoms with Crippen LogP contribution in [0.15, 0.2) is 28.8 Å². The highest BCUT2D eigenvalue weighted by Gasteiger charge is 2.37. The first kappa shape index (κ1) is 17.4. The predicted molar refractivity (Wildman–Crippen MR) is 82.5 cm³/mol. The summed E-state index contributed by atoms with van der Waals surface area (Å²) < 4.78 is 44.5. The average molecular weight is 353 g/mol. The zero-order valence-electron chi connectivity index (χ0n) is 13.7. The van der Waals surface area contributed by atoms with Crippen LogP contribution < -0.4 is 0 Å². The standard InChI is InChI=1S/C17H18F3N3O2/c1-2-5-14-21-16(25-22-14)12-8-15(24)23(10-12)9-11-6-3-4-7-13(11)17(18,19)20/h3-4,6-7,12H,2,5,8-10H2,1H3. The van der Waals surface area contributed by atoms with Gasteiger partial charge in [-0.25, -0.2) is 0 Å². The summed E-state index contributed by atoms with van der Waals surface area (Å²) in [5.41, 5.74) is -0.629. The van der Waals surface area contributed by atoms with Crippen molar-refractivity contribution in [2.24, 2.45) is 0 Å². The summed E-state index contributed by atoms with van der Waals surface area (Å²) in [5.74, 6) is 0.482. The molecule has 134 valence electrons. The van der Waals surface area contributed by atoms with E-state index in [1.165, 1.54) is 23.1 Å². The molecule has 8 heteroatoms. The van der Waals surface area contributed by atoms with Gasteiger partial charge in [0.25, 0.3) is 0 Å². The molecule has 1 fully saturated rings. The van der Waals surface area contributed by atoms with Crippen molar-refractivity contribution in [3.05, 3.63) is 47.1 Å². The minimum atomic E-state index is -4.44. The number of benzene rings is 1. The molecule has 25 heavy (non-hydrogen) atoms. The number of aryl methyl sites for hydroxylation is 1. The maximum Gasteiger partial charge on any atom is 0.416 e. The lowest BCUT2D eigenvalue weighted by Gasteiger charge is -2.19. The van der Waals surface area contributed by atoms with E-state index in [0.29, 0.717) is 18.1 Å². The Morgan fingerprint density at radius 2 is 2.08 bits per heavy atom.